The summed E-state index contributed by atoms with van der Waals surface area (Å²) in [5.74, 6) is 1.49. The summed E-state index contributed by atoms with van der Waals surface area (Å²) in [4.78, 5) is 25.2. The number of likely N-dealkylation sites (tertiary alicyclic amines) is 1. The van der Waals surface area contributed by atoms with Gasteiger partial charge in [-0.1, -0.05) is 23.7 Å². The number of rotatable bonds is 5. The third-order valence-corrected chi connectivity index (χ3v) is 7.44. The van der Waals surface area contributed by atoms with Gasteiger partial charge in [-0.3, -0.25) is 9.69 Å². The Hall–Kier alpha value is -2.57. The minimum absolute atomic E-state index is 0.0766. The molecule has 2 aliphatic heterocycles. The number of imidazole rings is 1. The summed E-state index contributed by atoms with van der Waals surface area (Å²) in [6, 6.07) is 16.7. The fourth-order valence-electron chi connectivity index (χ4n) is 5.48. The lowest BCUT2D eigenvalue weighted by atomic mass is 9.96. The lowest BCUT2D eigenvalue weighted by Crippen LogP contribution is -2.52. The third-order valence-electron chi connectivity index (χ3n) is 7.19. The molecule has 7 heteroatoms. The van der Waals surface area contributed by atoms with E-state index in [0.29, 0.717) is 11.9 Å². The van der Waals surface area contributed by atoms with Crippen molar-refractivity contribution in [3.05, 3.63) is 59.4 Å². The Morgan fingerprint density at radius 1 is 1.03 bits per heavy atom. The molecule has 34 heavy (non-hydrogen) atoms. The number of halogens is 1. The van der Waals surface area contributed by atoms with Crippen LogP contribution in [0.25, 0.3) is 11.0 Å². The number of aromatic nitrogens is 2. The highest BCUT2D eigenvalue weighted by Crippen LogP contribution is 2.26. The molecule has 1 atom stereocenters. The van der Waals surface area contributed by atoms with E-state index in [1.54, 1.807) is 0 Å². The quantitative estimate of drug-likeness (QED) is 0.525. The number of fused-ring (bicyclic) bond motifs is 1. The van der Waals surface area contributed by atoms with E-state index < -0.39 is 0 Å². The van der Waals surface area contributed by atoms with E-state index in [4.69, 9.17) is 16.6 Å². The summed E-state index contributed by atoms with van der Waals surface area (Å²) in [6.45, 7) is 10.3. The molecule has 0 radical (unpaired) electrons. The van der Waals surface area contributed by atoms with E-state index in [2.05, 4.69) is 63.4 Å². The Labute approximate surface area is 207 Å². The lowest BCUT2D eigenvalue weighted by Gasteiger charge is -2.39. The predicted octanol–water partition coefficient (Wildman–Crippen LogP) is 4.83. The first-order valence-corrected chi connectivity index (χ1v) is 12.8. The number of carbonyl (C=O) groups excluding carboxylic acids is 1. The Morgan fingerprint density at radius 2 is 1.76 bits per heavy atom. The van der Waals surface area contributed by atoms with Gasteiger partial charge < -0.3 is 14.4 Å². The first-order valence-electron chi connectivity index (χ1n) is 12.5. The number of piperidine rings is 1. The van der Waals surface area contributed by atoms with Crippen molar-refractivity contribution in [3.8, 4) is 0 Å². The number of hydrogen-bond donors (Lipinski definition) is 0. The highest BCUT2D eigenvalue weighted by molar-refractivity contribution is 6.30. The van der Waals surface area contributed by atoms with Crippen LogP contribution in [0.2, 0.25) is 5.02 Å². The molecule has 3 aromatic rings. The largest absolute Gasteiger partial charge is 0.368 e. The number of nitrogens with zero attached hydrogens (tertiary/aromatic N) is 5. The zero-order valence-electron chi connectivity index (χ0n) is 20.2. The molecule has 3 heterocycles. The van der Waals surface area contributed by atoms with Crippen LogP contribution in [0.4, 0.5) is 5.69 Å². The van der Waals surface area contributed by atoms with E-state index in [0.717, 1.165) is 75.0 Å². The van der Waals surface area contributed by atoms with Crippen molar-refractivity contribution in [2.45, 2.75) is 39.3 Å². The van der Waals surface area contributed by atoms with Gasteiger partial charge in [-0.05, 0) is 69.6 Å². The van der Waals surface area contributed by atoms with Crippen molar-refractivity contribution in [3.63, 3.8) is 0 Å². The zero-order valence-corrected chi connectivity index (χ0v) is 20.9. The fourth-order valence-corrected chi connectivity index (χ4v) is 5.60. The summed E-state index contributed by atoms with van der Waals surface area (Å²) < 4.78 is 2.34. The SMILES string of the molecule is CC(C)n1c(CN2CCC[C@H](C(=O)N3CCN(c4ccc(Cl)cc4)CC3)C2)nc2ccccc21. The third kappa shape index (κ3) is 4.80. The summed E-state index contributed by atoms with van der Waals surface area (Å²) in [5, 5.41) is 0.753. The number of piperazine rings is 1. The van der Waals surface area contributed by atoms with E-state index in [1.807, 2.05) is 18.2 Å². The highest BCUT2D eigenvalue weighted by Gasteiger charge is 2.31. The second-order valence-corrected chi connectivity index (χ2v) is 10.3. The maximum absolute atomic E-state index is 13.4. The van der Waals surface area contributed by atoms with Gasteiger partial charge in [0.2, 0.25) is 5.91 Å². The van der Waals surface area contributed by atoms with Crippen molar-refractivity contribution >= 4 is 34.2 Å². The van der Waals surface area contributed by atoms with Gasteiger partial charge in [-0.2, -0.15) is 0 Å². The standard InChI is InChI=1S/C27H34ClN5O/c1-20(2)33-25-8-4-3-7-24(25)29-26(33)19-30-13-5-6-21(18-30)27(34)32-16-14-31(15-17-32)23-11-9-22(28)10-12-23/h3-4,7-12,20-21H,5-6,13-19H2,1-2H3/t21-/m0/s1. The van der Waals surface area contributed by atoms with Crippen molar-refractivity contribution in [2.75, 3.05) is 44.2 Å². The first-order chi connectivity index (χ1) is 16.5. The van der Waals surface area contributed by atoms with Gasteiger partial charge in [0.1, 0.15) is 5.82 Å². The molecule has 0 N–H and O–H groups in total. The number of para-hydroxylation sites is 2. The molecule has 0 bridgehead atoms. The number of hydrogen-bond acceptors (Lipinski definition) is 4. The van der Waals surface area contributed by atoms with Crippen LogP contribution in [0.3, 0.4) is 0 Å². The lowest BCUT2D eigenvalue weighted by molar-refractivity contribution is -0.137. The van der Waals surface area contributed by atoms with Crippen LogP contribution in [0.5, 0.6) is 0 Å². The Balaban J connectivity index is 1.21. The number of carbonyl (C=O) groups is 1. The van der Waals surface area contributed by atoms with Crippen molar-refractivity contribution in [1.82, 2.24) is 19.4 Å². The molecular weight excluding hydrogens is 446 g/mol. The summed E-state index contributed by atoms with van der Waals surface area (Å²) in [6.07, 6.45) is 2.04. The molecule has 0 saturated carbocycles. The van der Waals surface area contributed by atoms with Crippen molar-refractivity contribution < 1.29 is 4.79 Å². The topological polar surface area (TPSA) is 44.6 Å². The van der Waals surface area contributed by atoms with Crippen LogP contribution >= 0.6 is 11.6 Å². The van der Waals surface area contributed by atoms with Gasteiger partial charge in [-0.25, -0.2) is 4.98 Å². The van der Waals surface area contributed by atoms with Crippen molar-refractivity contribution in [2.24, 2.45) is 5.92 Å². The van der Waals surface area contributed by atoms with Crippen LogP contribution in [-0.4, -0.2) is 64.5 Å². The molecule has 1 aromatic heterocycles. The minimum atomic E-state index is 0.0766. The van der Waals surface area contributed by atoms with E-state index in [1.165, 1.54) is 11.2 Å². The second-order valence-electron chi connectivity index (χ2n) is 9.84. The molecule has 2 aromatic carbocycles. The van der Waals surface area contributed by atoms with Gasteiger partial charge in [-0.15, -0.1) is 0 Å². The maximum Gasteiger partial charge on any atom is 0.227 e. The molecular formula is C27H34ClN5O. The molecule has 5 rings (SSSR count). The number of benzene rings is 2. The van der Waals surface area contributed by atoms with E-state index in [-0.39, 0.29) is 5.92 Å². The van der Waals surface area contributed by atoms with Crippen LogP contribution in [0.15, 0.2) is 48.5 Å². The number of amides is 1. The molecule has 180 valence electrons. The van der Waals surface area contributed by atoms with Gasteiger partial charge in [0.05, 0.1) is 23.5 Å². The Morgan fingerprint density at radius 3 is 2.50 bits per heavy atom. The van der Waals surface area contributed by atoms with Crippen LogP contribution in [0, 0.1) is 5.92 Å². The van der Waals surface area contributed by atoms with Gasteiger partial charge in [0, 0.05) is 49.5 Å². The predicted molar refractivity (Wildman–Crippen MR) is 138 cm³/mol. The molecule has 2 saturated heterocycles. The van der Waals surface area contributed by atoms with E-state index in [9.17, 15) is 4.79 Å². The average molecular weight is 480 g/mol. The van der Waals surface area contributed by atoms with Gasteiger partial charge in [0.25, 0.3) is 0 Å². The molecule has 1 amide bonds. The Kier molecular flexibility index (Phi) is 6.79. The summed E-state index contributed by atoms with van der Waals surface area (Å²) >= 11 is 6.03. The summed E-state index contributed by atoms with van der Waals surface area (Å²) in [7, 11) is 0. The Bertz CT molecular complexity index is 1130. The zero-order chi connectivity index (χ0) is 23.7. The van der Waals surface area contributed by atoms with E-state index >= 15 is 0 Å². The second kappa shape index (κ2) is 9.96. The summed E-state index contributed by atoms with van der Waals surface area (Å²) in [5.41, 5.74) is 3.42. The highest BCUT2D eigenvalue weighted by atomic mass is 35.5. The fraction of sp³-hybridized carbons (Fsp3) is 0.481. The normalized spacial score (nSPS) is 19.8. The minimum Gasteiger partial charge on any atom is -0.368 e. The van der Waals surface area contributed by atoms with Crippen LogP contribution < -0.4 is 4.90 Å². The van der Waals surface area contributed by atoms with Crippen molar-refractivity contribution in [1.29, 1.82) is 0 Å². The van der Waals surface area contributed by atoms with Crippen LogP contribution in [-0.2, 0) is 11.3 Å². The molecule has 0 unspecified atom stereocenters. The average Bonchev–Trinajstić information content (AvgIpc) is 3.22. The maximum atomic E-state index is 13.4. The smallest absolute Gasteiger partial charge is 0.227 e. The van der Waals surface area contributed by atoms with Gasteiger partial charge in [0.15, 0.2) is 0 Å². The first kappa shape index (κ1) is 23.2. The molecule has 2 aliphatic rings. The number of anilines is 1. The monoisotopic (exact) mass is 479 g/mol. The molecule has 2 fully saturated rings. The van der Waals surface area contributed by atoms with Crippen LogP contribution in [0.1, 0.15) is 38.6 Å². The molecule has 6 nitrogen and oxygen atoms in total. The molecule has 0 aliphatic carbocycles. The van der Waals surface area contributed by atoms with Gasteiger partial charge >= 0.3 is 0 Å². The molecule has 0 spiro atoms.